The van der Waals surface area contributed by atoms with Crippen molar-refractivity contribution in [1.82, 2.24) is 14.8 Å². The maximum Gasteiger partial charge on any atom is 0.329 e. The lowest BCUT2D eigenvalue weighted by Crippen LogP contribution is -2.63. The lowest BCUT2D eigenvalue weighted by molar-refractivity contribution is -0.153. The van der Waals surface area contributed by atoms with Gasteiger partial charge in [-0.25, -0.2) is 4.79 Å². The number of aromatic nitrogens is 1. The molecule has 0 bridgehead atoms. The van der Waals surface area contributed by atoms with E-state index in [2.05, 4.69) is 9.88 Å². The number of hydrogen-bond acceptors (Lipinski definition) is 5. The zero-order valence-electron chi connectivity index (χ0n) is 13.9. The summed E-state index contributed by atoms with van der Waals surface area (Å²) < 4.78 is 5.38. The average Bonchev–Trinajstić information content (AvgIpc) is 2.62. The van der Waals surface area contributed by atoms with Gasteiger partial charge in [-0.15, -0.1) is 0 Å². The number of carbonyl (C=O) groups is 2. The zero-order valence-corrected chi connectivity index (χ0v) is 13.9. The molecule has 2 unspecified atom stereocenters. The van der Waals surface area contributed by atoms with Crippen molar-refractivity contribution in [1.29, 1.82) is 0 Å². The van der Waals surface area contributed by atoms with Gasteiger partial charge in [-0.2, -0.15) is 0 Å². The van der Waals surface area contributed by atoms with Gasteiger partial charge in [0.05, 0.1) is 18.8 Å². The Bertz CT molecular complexity index is 603. The maximum absolute atomic E-state index is 12.8. The van der Waals surface area contributed by atoms with Gasteiger partial charge in [-0.1, -0.05) is 0 Å². The summed E-state index contributed by atoms with van der Waals surface area (Å²) in [5, 5.41) is 9.83. The highest BCUT2D eigenvalue weighted by molar-refractivity contribution is 5.97. The first kappa shape index (κ1) is 16.9. The molecule has 2 saturated heterocycles. The molecule has 0 spiro atoms. The molecule has 1 N–H and O–H groups in total. The van der Waals surface area contributed by atoms with E-state index >= 15 is 0 Å². The van der Waals surface area contributed by atoms with Crippen molar-refractivity contribution >= 4 is 11.9 Å². The first-order valence-electron chi connectivity index (χ1n) is 8.29. The third-order valence-corrected chi connectivity index (χ3v) is 5.09. The summed E-state index contributed by atoms with van der Waals surface area (Å²) in [5.41, 5.74) is -0.788. The number of ether oxygens (including phenoxy) is 1. The summed E-state index contributed by atoms with van der Waals surface area (Å²) in [6.07, 6.45) is 4.28. The summed E-state index contributed by atoms with van der Waals surface area (Å²) in [4.78, 5) is 32.5. The fraction of sp³-hybridized carbons (Fsp3) is 0.588. The van der Waals surface area contributed by atoms with Crippen LogP contribution >= 0.6 is 0 Å². The molecule has 0 saturated carbocycles. The molecule has 7 heteroatoms. The molecule has 130 valence electrons. The van der Waals surface area contributed by atoms with E-state index in [0.717, 1.165) is 19.5 Å². The van der Waals surface area contributed by atoms with Gasteiger partial charge in [0.1, 0.15) is 5.54 Å². The van der Waals surface area contributed by atoms with Crippen molar-refractivity contribution in [2.45, 2.75) is 31.3 Å². The number of rotatable bonds is 3. The molecular weight excluding hydrogens is 310 g/mol. The fourth-order valence-electron chi connectivity index (χ4n) is 3.62. The molecular formula is C17H23N3O4. The minimum Gasteiger partial charge on any atom is -0.480 e. The quantitative estimate of drug-likeness (QED) is 0.883. The first-order chi connectivity index (χ1) is 11.5. The molecule has 0 aliphatic carbocycles. The van der Waals surface area contributed by atoms with E-state index in [1.165, 1.54) is 11.1 Å². The molecule has 2 fully saturated rings. The summed E-state index contributed by atoms with van der Waals surface area (Å²) in [5.74, 6) is -1.23. The number of amides is 1. The number of nitrogens with zero attached hydrogens (tertiary/aromatic N) is 3. The summed E-state index contributed by atoms with van der Waals surface area (Å²) in [6, 6.07) is 3.52. The predicted octanol–water partition coefficient (Wildman–Crippen LogP) is 0.862. The minimum atomic E-state index is -1.21. The van der Waals surface area contributed by atoms with Gasteiger partial charge in [0, 0.05) is 38.1 Å². The average molecular weight is 333 g/mol. The highest BCUT2D eigenvalue weighted by Crippen LogP contribution is 2.32. The van der Waals surface area contributed by atoms with Crippen LogP contribution in [0.2, 0.25) is 0 Å². The number of pyridine rings is 1. The van der Waals surface area contributed by atoms with Crippen LogP contribution in [0, 0.1) is 0 Å². The van der Waals surface area contributed by atoms with Crippen molar-refractivity contribution in [2.24, 2.45) is 0 Å². The van der Waals surface area contributed by atoms with E-state index in [1.807, 2.05) is 0 Å². The number of likely N-dealkylation sites (tertiary alicyclic amines) is 1. The molecule has 0 radical (unpaired) electrons. The van der Waals surface area contributed by atoms with Gasteiger partial charge in [0.2, 0.25) is 0 Å². The Labute approximate surface area is 141 Å². The Hall–Kier alpha value is -1.99. The number of morpholine rings is 1. The van der Waals surface area contributed by atoms with Crippen LogP contribution in [0.5, 0.6) is 0 Å². The smallest absolute Gasteiger partial charge is 0.329 e. The lowest BCUT2D eigenvalue weighted by atomic mass is 9.84. The number of aliphatic carboxylic acids is 1. The lowest BCUT2D eigenvalue weighted by Gasteiger charge is -2.48. The summed E-state index contributed by atoms with van der Waals surface area (Å²) >= 11 is 0. The monoisotopic (exact) mass is 333 g/mol. The normalized spacial score (nSPS) is 28.5. The van der Waals surface area contributed by atoms with Gasteiger partial charge < -0.3 is 14.7 Å². The Morgan fingerprint density at radius 3 is 2.71 bits per heavy atom. The largest absolute Gasteiger partial charge is 0.480 e. The highest BCUT2D eigenvalue weighted by Gasteiger charge is 2.48. The number of piperidine rings is 1. The van der Waals surface area contributed by atoms with Crippen molar-refractivity contribution in [3.63, 3.8) is 0 Å². The molecule has 1 aromatic heterocycles. The molecule has 2 atom stereocenters. The van der Waals surface area contributed by atoms with Crippen LogP contribution in [0.15, 0.2) is 24.5 Å². The second kappa shape index (κ2) is 6.86. The van der Waals surface area contributed by atoms with E-state index < -0.39 is 11.5 Å². The molecule has 3 rings (SSSR count). The molecule has 1 aromatic rings. The van der Waals surface area contributed by atoms with Crippen molar-refractivity contribution in [3.8, 4) is 0 Å². The van der Waals surface area contributed by atoms with E-state index in [4.69, 9.17) is 4.74 Å². The maximum atomic E-state index is 12.8. The summed E-state index contributed by atoms with van der Waals surface area (Å²) in [7, 11) is 0. The number of hydrogen-bond donors (Lipinski definition) is 1. The van der Waals surface area contributed by atoms with Crippen LogP contribution in [0.1, 0.15) is 30.1 Å². The van der Waals surface area contributed by atoms with Gasteiger partial charge in [0.25, 0.3) is 5.91 Å². The first-order valence-corrected chi connectivity index (χ1v) is 8.29. The van der Waals surface area contributed by atoms with Crippen LogP contribution < -0.4 is 0 Å². The van der Waals surface area contributed by atoms with Gasteiger partial charge >= 0.3 is 5.97 Å². The van der Waals surface area contributed by atoms with Gasteiger partial charge in [-0.05, 0) is 31.9 Å². The Morgan fingerprint density at radius 1 is 1.33 bits per heavy atom. The van der Waals surface area contributed by atoms with Crippen LogP contribution in [0.3, 0.4) is 0 Å². The van der Waals surface area contributed by atoms with E-state index in [0.29, 0.717) is 31.7 Å². The van der Waals surface area contributed by atoms with E-state index in [-0.39, 0.29) is 11.9 Å². The third kappa shape index (κ3) is 3.14. The number of carboxylic acids is 1. The third-order valence-electron chi connectivity index (χ3n) is 5.09. The Balaban J connectivity index is 1.81. The molecule has 24 heavy (non-hydrogen) atoms. The van der Waals surface area contributed by atoms with E-state index in [1.54, 1.807) is 25.3 Å². The SMILES string of the molecule is CC1(C(=O)O)CC(N2CCOCC2)CCN1C(=O)c1cccnc1. The minimum absolute atomic E-state index is 0.160. The predicted molar refractivity (Wildman–Crippen MR) is 86.7 cm³/mol. The van der Waals surface area contributed by atoms with Crippen molar-refractivity contribution < 1.29 is 19.4 Å². The fourth-order valence-corrected chi connectivity index (χ4v) is 3.62. The van der Waals surface area contributed by atoms with E-state index in [9.17, 15) is 14.7 Å². The Kier molecular flexibility index (Phi) is 4.82. The topological polar surface area (TPSA) is 83.0 Å². The molecule has 2 aliphatic heterocycles. The molecule has 7 nitrogen and oxygen atoms in total. The standard InChI is InChI=1S/C17H23N3O4/c1-17(16(22)23)11-14(19-7-9-24-10-8-19)4-6-20(17)15(21)13-3-2-5-18-12-13/h2-3,5,12,14H,4,6-11H2,1H3,(H,22,23). The second-order valence-electron chi connectivity index (χ2n) is 6.57. The van der Waals surface area contributed by atoms with Crippen LogP contribution in [-0.2, 0) is 9.53 Å². The number of carbonyl (C=O) groups excluding carboxylic acids is 1. The Morgan fingerprint density at radius 2 is 2.08 bits per heavy atom. The van der Waals surface area contributed by atoms with Crippen molar-refractivity contribution in [3.05, 3.63) is 30.1 Å². The zero-order chi connectivity index (χ0) is 17.2. The van der Waals surface area contributed by atoms with Crippen LogP contribution in [-0.4, -0.2) is 76.2 Å². The summed E-state index contributed by atoms with van der Waals surface area (Å²) in [6.45, 7) is 5.07. The second-order valence-corrected chi connectivity index (χ2v) is 6.57. The molecule has 3 heterocycles. The number of carboxylic acid groups (broad SMARTS) is 1. The van der Waals surface area contributed by atoms with Gasteiger partial charge in [0.15, 0.2) is 0 Å². The van der Waals surface area contributed by atoms with Gasteiger partial charge in [-0.3, -0.25) is 14.7 Å². The van der Waals surface area contributed by atoms with Crippen molar-refractivity contribution in [2.75, 3.05) is 32.8 Å². The molecule has 2 aliphatic rings. The highest BCUT2D eigenvalue weighted by atomic mass is 16.5. The van der Waals surface area contributed by atoms with Crippen LogP contribution in [0.25, 0.3) is 0 Å². The molecule has 1 amide bonds. The molecule has 0 aromatic carbocycles. The van der Waals surface area contributed by atoms with Crippen LogP contribution in [0.4, 0.5) is 0 Å².